The molecule has 0 unspecified atom stereocenters. The minimum Gasteiger partial charge on any atom is -0.506 e. The fraction of sp³-hybridized carbons (Fsp3) is 0.273. The Bertz CT molecular complexity index is 843. The number of rotatable bonds is 2. The first-order chi connectivity index (χ1) is 11.9. The molecule has 2 aromatic carbocycles. The Morgan fingerprint density at radius 2 is 1.64 bits per heavy atom. The Labute approximate surface area is 148 Å². The van der Waals surface area contributed by atoms with E-state index in [1.54, 1.807) is 12.1 Å². The highest BCUT2D eigenvalue weighted by Crippen LogP contribution is 2.37. The Hall–Kier alpha value is -2.68. The Morgan fingerprint density at radius 3 is 2.28 bits per heavy atom. The van der Waals surface area contributed by atoms with Gasteiger partial charge >= 0.3 is 0 Å². The molecule has 2 aromatic rings. The monoisotopic (exact) mass is 333 g/mol. The van der Waals surface area contributed by atoms with Gasteiger partial charge in [0.2, 0.25) is 0 Å². The van der Waals surface area contributed by atoms with Gasteiger partial charge in [0.15, 0.2) is 5.78 Å². The highest BCUT2D eigenvalue weighted by molar-refractivity contribution is 6.28. The summed E-state index contributed by atoms with van der Waals surface area (Å²) >= 11 is 0. The number of carbonyl (C=O) groups excluding carboxylic acids is 1. The zero-order chi connectivity index (χ0) is 18.0. The number of Topliss-reactive ketones (excluding diaryl/α,β-unsaturated/α-hetero) is 1. The van der Waals surface area contributed by atoms with E-state index in [0.717, 1.165) is 11.3 Å². The standard InChI is InChI=1S/C22H23NO2/c1-15-9-11-17(12-10-15)23-18-13-22(2,3)14-19(24)20(18)21(25)16-7-5-4-6-8-16/h4-12,25H,13-14H2,1-3H3. The third kappa shape index (κ3) is 3.87. The number of hydrogen-bond acceptors (Lipinski definition) is 3. The van der Waals surface area contributed by atoms with Gasteiger partial charge in [-0.05, 0) is 30.9 Å². The summed E-state index contributed by atoms with van der Waals surface area (Å²) in [5.41, 5.74) is 3.44. The summed E-state index contributed by atoms with van der Waals surface area (Å²) in [6, 6.07) is 17.1. The van der Waals surface area contributed by atoms with Crippen LogP contribution < -0.4 is 0 Å². The van der Waals surface area contributed by atoms with Crippen molar-refractivity contribution in [2.75, 3.05) is 0 Å². The molecule has 1 saturated carbocycles. The van der Waals surface area contributed by atoms with Gasteiger partial charge < -0.3 is 5.11 Å². The molecular formula is C22H23NO2. The molecule has 25 heavy (non-hydrogen) atoms. The van der Waals surface area contributed by atoms with Crippen molar-refractivity contribution in [1.82, 2.24) is 0 Å². The second-order valence-corrected chi connectivity index (χ2v) is 7.42. The second-order valence-electron chi connectivity index (χ2n) is 7.42. The highest BCUT2D eigenvalue weighted by atomic mass is 16.3. The molecule has 0 heterocycles. The summed E-state index contributed by atoms with van der Waals surface area (Å²) in [5.74, 6) is -0.0320. The molecule has 3 heteroatoms. The topological polar surface area (TPSA) is 49.7 Å². The highest BCUT2D eigenvalue weighted by Gasteiger charge is 2.36. The predicted molar refractivity (Wildman–Crippen MR) is 102 cm³/mol. The van der Waals surface area contributed by atoms with E-state index in [9.17, 15) is 9.90 Å². The molecule has 1 fully saturated rings. The van der Waals surface area contributed by atoms with Crippen molar-refractivity contribution in [1.29, 1.82) is 0 Å². The largest absolute Gasteiger partial charge is 0.506 e. The van der Waals surface area contributed by atoms with Crippen LogP contribution in [0, 0.1) is 12.3 Å². The summed E-state index contributed by atoms with van der Waals surface area (Å²) in [6.07, 6.45) is 1.06. The van der Waals surface area contributed by atoms with Gasteiger partial charge in [0.25, 0.3) is 0 Å². The van der Waals surface area contributed by atoms with E-state index < -0.39 is 0 Å². The van der Waals surface area contributed by atoms with Crippen LogP contribution in [0.3, 0.4) is 0 Å². The summed E-state index contributed by atoms with van der Waals surface area (Å²) in [5, 5.41) is 10.8. The van der Waals surface area contributed by atoms with Crippen molar-refractivity contribution in [3.05, 3.63) is 71.3 Å². The third-order valence-electron chi connectivity index (χ3n) is 4.43. The third-order valence-corrected chi connectivity index (χ3v) is 4.43. The molecule has 0 aliphatic heterocycles. The maximum absolute atomic E-state index is 12.8. The molecule has 128 valence electrons. The number of aryl methyl sites for hydroxylation is 1. The van der Waals surface area contributed by atoms with Crippen molar-refractivity contribution in [2.24, 2.45) is 10.4 Å². The molecule has 0 aromatic heterocycles. The lowest BCUT2D eigenvalue weighted by molar-refractivity contribution is -0.117. The van der Waals surface area contributed by atoms with Crippen molar-refractivity contribution in [3.8, 4) is 0 Å². The molecule has 3 rings (SSSR count). The van der Waals surface area contributed by atoms with Gasteiger partial charge in [0.1, 0.15) is 5.76 Å². The van der Waals surface area contributed by atoms with Crippen LogP contribution in [0.15, 0.2) is 65.2 Å². The number of nitrogens with zero attached hydrogens (tertiary/aromatic N) is 1. The summed E-state index contributed by atoms with van der Waals surface area (Å²) < 4.78 is 0. The number of aliphatic imine (C=N–C) groups is 1. The van der Waals surface area contributed by atoms with Crippen LogP contribution in [-0.2, 0) is 4.79 Å². The van der Waals surface area contributed by atoms with E-state index in [-0.39, 0.29) is 17.0 Å². The maximum Gasteiger partial charge on any atom is 0.169 e. The minimum atomic E-state index is -0.166. The number of carbonyl (C=O) groups is 1. The van der Waals surface area contributed by atoms with Gasteiger partial charge in [-0.25, -0.2) is 0 Å². The van der Waals surface area contributed by atoms with Gasteiger partial charge in [-0.2, -0.15) is 0 Å². The molecule has 1 N–H and O–H groups in total. The predicted octanol–water partition coefficient (Wildman–Crippen LogP) is 5.43. The van der Waals surface area contributed by atoms with E-state index in [1.807, 2.05) is 49.4 Å². The lowest BCUT2D eigenvalue weighted by Gasteiger charge is -2.31. The van der Waals surface area contributed by atoms with Gasteiger partial charge in [0.05, 0.1) is 17.0 Å². The maximum atomic E-state index is 12.8. The summed E-state index contributed by atoms with van der Waals surface area (Å²) in [6.45, 7) is 6.15. The fourth-order valence-corrected chi connectivity index (χ4v) is 3.17. The molecule has 0 amide bonds. The normalized spacial score (nSPS) is 20.6. The molecule has 0 atom stereocenters. The van der Waals surface area contributed by atoms with E-state index in [0.29, 0.717) is 29.7 Å². The van der Waals surface area contributed by atoms with E-state index in [2.05, 4.69) is 13.8 Å². The van der Waals surface area contributed by atoms with Crippen LogP contribution in [0.1, 0.15) is 37.8 Å². The van der Waals surface area contributed by atoms with E-state index in [4.69, 9.17) is 4.99 Å². The van der Waals surface area contributed by atoms with Crippen molar-refractivity contribution >= 4 is 22.9 Å². The number of ketones is 1. The number of aliphatic hydroxyl groups is 1. The summed E-state index contributed by atoms with van der Waals surface area (Å²) in [4.78, 5) is 17.5. The Kier molecular flexibility index (Phi) is 4.58. The number of hydrogen-bond donors (Lipinski definition) is 1. The van der Waals surface area contributed by atoms with Crippen LogP contribution in [-0.4, -0.2) is 16.6 Å². The number of allylic oxidation sites excluding steroid dienone is 1. The van der Waals surface area contributed by atoms with Crippen molar-refractivity contribution < 1.29 is 9.90 Å². The van der Waals surface area contributed by atoms with Crippen molar-refractivity contribution in [2.45, 2.75) is 33.6 Å². The molecule has 3 nitrogen and oxygen atoms in total. The molecule has 1 aliphatic carbocycles. The molecule has 0 radical (unpaired) electrons. The fourth-order valence-electron chi connectivity index (χ4n) is 3.17. The zero-order valence-corrected chi connectivity index (χ0v) is 14.9. The number of aliphatic hydroxyl groups excluding tert-OH is 1. The molecule has 0 spiro atoms. The van der Waals surface area contributed by atoms with Gasteiger partial charge in [-0.1, -0.05) is 61.9 Å². The lowest BCUT2D eigenvalue weighted by Crippen LogP contribution is -2.32. The molecule has 1 aliphatic rings. The second kappa shape index (κ2) is 6.67. The molecule has 0 saturated heterocycles. The quantitative estimate of drug-likeness (QED) is 0.589. The van der Waals surface area contributed by atoms with Gasteiger partial charge in [-0.3, -0.25) is 9.79 Å². The Morgan fingerprint density at radius 1 is 1.00 bits per heavy atom. The smallest absolute Gasteiger partial charge is 0.169 e. The molecule has 0 bridgehead atoms. The minimum absolute atomic E-state index is 0.0203. The average molecular weight is 333 g/mol. The van der Waals surface area contributed by atoms with E-state index >= 15 is 0 Å². The first-order valence-electron chi connectivity index (χ1n) is 8.52. The van der Waals surface area contributed by atoms with Crippen LogP contribution in [0.25, 0.3) is 5.76 Å². The average Bonchev–Trinajstić information content (AvgIpc) is 2.56. The van der Waals surface area contributed by atoms with Crippen molar-refractivity contribution in [3.63, 3.8) is 0 Å². The van der Waals surface area contributed by atoms with Crippen LogP contribution in [0.4, 0.5) is 5.69 Å². The molecular weight excluding hydrogens is 310 g/mol. The van der Waals surface area contributed by atoms with Gasteiger partial charge in [0, 0.05) is 12.0 Å². The van der Waals surface area contributed by atoms with E-state index in [1.165, 1.54) is 0 Å². The first kappa shape index (κ1) is 17.2. The first-order valence-corrected chi connectivity index (χ1v) is 8.52. The Balaban J connectivity index is 2.13. The van der Waals surface area contributed by atoms with Crippen LogP contribution in [0.5, 0.6) is 0 Å². The number of benzene rings is 2. The van der Waals surface area contributed by atoms with Crippen LogP contribution in [0.2, 0.25) is 0 Å². The summed E-state index contributed by atoms with van der Waals surface area (Å²) in [7, 11) is 0. The lowest BCUT2D eigenvalue weighted by atomic mass is 9.73. The zero-order valence-electron chi connectivity index (χ0n) is 14.9. The van der Waals surface area contributed by atoms with Gasteiger partial charge in [-0.15, -0.1) is 0 Å². The van der Waals surface area contributed by atoms with Crippen LogP contribution >= 0.6 is 0 Å². The SMILES string of the molecule is Cc1ccc(N=C2CC(C)(C)CC(=O)C2=C(O)c2ccccc2)cc1.